The lowest BCUT2D eigenvalue weighted by atomic mass is 9.45. The third kappa shape index (κ3) is 1.70. The fourth-order valence-electron chi connectivity index (χ4n) is 7.04. The van der Waals surface area contributed by atoms with Gasteiger partial charge >= 0.3 is 0 Å². The van der Waals surface area contributed by atoms with Crippen LogP contribution in [0.15, 0.2) is 0 Å². The highest BCUT2D eigenvalue weighted by molar-refractivity contribution is 5.79. The molecule has 0 amide bonds. The Kier molecular flexibility index (Phi) is 2.89. The van der Waals surface area contributed by atoms with Crippen LogP contribution in [0, 0.1) is 34.5 Å². The molecule has 0 radical (unpaired) electrons. The zero-order chi connectivity index (χ0) is 14.0. The number of hydrogen-bond acceptors (Lipinski definition) is 1. The highest BCUT2D eigenvalue weighted by atomic mass is 16.1. The van der Waals surface area contributed by atoms with Gasteiger partial charge in [-0.2, -0.15) is 0 Å². The molecule has 0 N–H and O–H groups in total. The molecule has 1 nitrogen and oxygen atoms in total. The second kappa shape index (κ2) is 4.34. The van der Waals surface area contributed by atoms with Gasteiger partial charge in [0.1, 0.15) is 5.78 Å². The molecule has 4 rings (SSSR count). The number of Topliss-reactive ketones (excluding diaryl/α,β-unsaturated/α-hetero) is 1. The zero-order valence-corrected chi connectivity index (χ0v) is 13.3. The smallest absolute Gasteiger partial charge is 0.133 e. The van der Waals surface area contributed by atoms with Gasteiger partial charge in [0.05, 0.1) is 0 Å². The van der Waals surface area contributed by atoms with Crippen LogP contribution in [-0.2, 0) is 4.79 Å². The lowest BCUT2D eigenvalue weighted by molar-refractivity contribution is -0.137. The first-order valence-electron chi connectivity index (χ1n) is 9.05. The van der Waals surface area contributed by atoms with Crippen LogP contribution in [0.25, 0.3) is 0 Å². The van der Waals surface area contributed by atoms with E-state index in [-0.39, 0.29) is 0 Å². The van der Waals surface area contributed by atoms with Crippen molar-refractivity contribution in [2.45, 2.75) is 78.1 Å². The van der Waals surface area contributed by atoms with Gasteiger partial charge in [-0.05, 0) is 79.4 Å². The minimum absolute atomic E-state index is 0.501. The maximum atomic E-state index is 11.9. The molecule has 4 fully saturated rings. The van der Waals surface area contributed by atoms with Crippen LogP contribution in [0.3, 0.4) is 0 Å². The Morgan fingerprint density at radius 1 is 0.950 bits per heavy atom. The molecular weight excluding hydrogens is 244 g/mol. The molecule has 1 heteroatoms. The maximum absolute atomic E-state index is 11.9. The summed E-state index contributed by atoms with van der Waals surface area (Å²) in [6, 6.07) is 0. The first-order valence-corrected chi connectivity index (χ1v) is 9.05. The van der Waals surface area contributed by atoms with E-state index < -0.39 is 0 Å². The van der Waals surface area contributed by atoms with Gasteiger partial charge in [-0.1, -0.05) is 20.3 Å². The van der Waals surface area contributed by atoms with E-state index in [0.717, 1.165) is 36.5 Å². The van der Waals surface area contributed by atoms with E-state index in [4.69, 9.17) is 0 Å². The normalized spacial score (nSPS) is 55.0. The second-order valence-corrected chi connectivity index (χ2v) is 8.98. The molecule has 0 aromatic rings. The van der Waals surface area contributed by atoms with Crippen molar-refractivity contribution in [3.05, 3.63) is 0 Å². The Morgan fingerprint density at radius 3 is 2.65 bits per heavy atom. The average Bonchev–Trinajstić information content (AvgIpc) is 2.81. The number of carbonyl (C=O) groups excluding carboxylic acids is 1. The second-order valence-electron chi connectivity index (χ2n) is 8.98. The average molecular weight is 274 g/mol. The van der Waals surface area contributed by atoms with E-state index >= 15 is 0 Å². The quantitative estimate of drug-likeness (QED) is 0.608. The van der Waals surface area contributed by atoms with Crippen molar-refractivity contribution in [2.75, 3.05) is 0 Å². The number of ketones is 1. The maximum Gasteiger partial charge on any atom is 0.133 e. The van der Waals surface area contributed by atoms with Crippen molar-refractivity contribution in [2.24, 2.45) is 34.5 Å². The lowest BCUT2D eigenvalue weighted by Gasteiger charge is -2.59. The van der Waals surface area contributed by atoms with E-state index in [1.165, 1.54) is 51.4 Å². The summed E-state index contributed by atoms with van der Waals surface area (Å²) >= 11 is 0. The van der Waals surface area contributed by atoms with Crippen LogP contribution < -0.4 is 0 Å². The summed E-state index contributed by atoms with van der Waals surface area (Å²) in [5.74, 6) is 4.20. The molecule has 0 heterocycles. The molecular formula is C19H30O. The van der Waals surface area contributed by atoms with Crippen molar-refractivity contribution < 1.29 is 4.79 Å². The summed E-state index contributed by atoms with van der Waals surface area (Å²) in [4.78, 5) is 11.9. The van der Waals surface area contributed by atoms with Gasteiger partial charge in [0.2, 0.25) is 0 Å². The van der Waals surface area contributed by atoms with E-state index in [9.17, 15) is 4.79 Å². The topological polar surface area (TPSA) is 17.1 Å². The van der Waals surface area contributed by atoms with Gasteiger partial charge in [0.25, 0.3) is 0 Å². The molecule has 112 valence electrons. The largest absolute Gasteiger partial charge is 0.300 e. The minimum atomic E-state index is 0.501. The van der Waals surface area contributed by atoms with Crippen molar-refractivity contribution in [1.82, 2.24) is 0 Å². The summed E-state index contributed by atoms with van der Waals surface area (Å²) < 4.78 is 0. The third-order valence-corrected chi connectivity index (χ3v) is 8.26. The predicted octanol–water partition coefficient (Wildman–Crippen LogP) is 4.99. The zero-order valence-electron chi connectivity index (χ0n) is 13.3. The van der Waals surface area contributed by atoms with Crippen LogP contribution in [0.1, 0.15) is 78.1 Å². The number of carbonyl (C=O) groups is 1. The van der Waals surface area contributed by atoms with Crippen LogP contribution in [0.5, 0.6) is 0 Å². The van der Waals surface area contributed by atoms with Gasteiger partial charge < -0.3 is 0 Å². The highest BCUT2D eigenvalue weighted by Crippen LogP contribution is 2.65. The highest BCUT2D eigenvalue weighted by Gasteiger charge is 2.57. The molecule has 20 heavy (non-hydrogen) atoms. The lowest BCUT2D eigenvalue weighted by Crippen LogP contribution is -2.52. The Bertz CT molecular complexity index is 427. The molecule has 6 atom stereocenters. The number of rotatable bonds is 0. The van der Waals surface area contributed by atoms with E-state index in [1.807, 2.05) is 0 Å². The van der Waals surface area contributed by atoms with E-state index in [0.29, 0.717) is 16.6 Å². The molecule has 0 aliphatic heterocycles. The van der Waals surface area contributed by atoms with E-state index in [2.05, 4.69) is 13.8 Å². The monoisotopic (exact) mass is 274 g/mol. The summed E-state index contributed by atoms with van der Waals surface area (Å²) in [5, 5.41) is 0. The van der Waals surface area contributed by atoms with Crippen LogP contribution in [0.4, 0.5) is 0 Å². The molecule has 0 bridgehead atoms. The molecule has 0 spiro atoms. The fraction of sp³-hybridized carbons (Fsp3) is 0.947. The predicted molar refractivity (Wildman–Crippen MR) is 81.4 cm³/mol. The van der Waals surface area contributed by atoms with Gasteiger partial charge in [-0.15, -0.1) is 0 Å². The SMILES string of the molecule is CC12CCC(=O)CC1CCC1C2CC[C@]2(C)CCCC12. The van der Waals surface area contributed by atoms with Crippen molar-refractivity contribution >= 4 is 5.78 Å². The molecule has 5 unspecified atom stereocenters. The van der Waals surface area contributed by atoms with Crippen molar-refractivity contribution in [3.8, 4) is 0 Å². The van der Waals surface area contributed by atoms with Gasteiger partial charge in [-0.25, -0.2) is 0 Å². The molecule has 4 aliphatic rings. The van der Waals surface area contributed by atoms with Gasteiger partial charge in [0, 0.05) is 12.8 Å². The summed E-state index contributed by atoms with van der Waals surface area (Å²) in [7, 11) is 0. The summed E-state index contributed by atoms with van der Waals surface area (Å²) in [6.07, 6.45) is 13.1. The van der Waals surface area contributed by atoms with Gasteiger partial charge in [-0.3, -0.25) is 4.79 Å². The number of hydrogen-bond donors (Lipinski definition) is 0. The fourth-order valence-corrected chi connectivity index (χ4v) is 7.04. The van der Waals surface area contributed by atoms with Crippen molar-refractivity contribution in [1.29, 1.82) is 0 Å². The van der Waals surface area contributed by atoms with Gasteiger partial charge in [0.15, 0.2) is 0 Å². The molecule has 0 aromatic heterocycles. The molecule has 4 saturated carbocycles. The van der Waals surface area contributed by atoms with Crippen LogP contribution >= 0.6 is 0 Å². The summed E-state index contributed by atoms with van der Waals surface area (Å²) in [5.41, 5.74) is 1.18. The van der Waals surface area contributed by atoms with Crippen molar-refractivity contribution in [3.63, 3.8) is 0 Å². The minimum Gasteiger partial charge on any atom is -0.300 e. The third-order valence-electron chi connectivity index (χ3n) is 8.26. The van der Waals surface area contributed by atoms with Crippen LogP contribution in [0.2, 0.25) is 0 Å². The Hall–Kier alpha value is -0.330. The Balaban J connectivity index is 1.64. The first-order chi connectivity index (χ1) is 9.53. The molecule has 0 aromatic carbocycles. The first kappa shape index (κ1) is 13.3. The molecule has 0 saturated heterocycles. The number of fused-ring (bicyclic) bond motifs is 5. The Labute approximate surface area is 123 Å². The molecule has 4 aliphatic carbocycles. The standard InChI is InChI=1S/C19H30O/c1-18-9-3-4-16(18)15-6-5-13-12-14(20)7-11-19(13,2)17(15)8-10-18/h13,15-17H,3-12H2,1-2H3/t13?,15?,16?,17?,18-,19?/m0/s1. The van der Waals surface area contributed by atoms with E-state index in [1.54, 1.807) is 0 Å². The summed E-state index contributed by atoms with van der Waals surface area (Å²) in [6.45, 7) is 5.14. The van der Waals surface area contributed by atoms with Crippen LogP contribution in [-0.4, -0.2) is 5.78 Å². The Morgan fingerprint density at radius 2 is 1.80 bits per heavy atom.